The van der Waals surface area contributed by atoms with Gasteiger partial charge < -0.3 is 10.1 Å². The summed E-state index contributed by atoms with van der Waals surface area (Å²) in [6.07, 6.45) is 1.83. The smallest absolute Gasteiger partial charge is 0.263 e. The summed E-state index contributed by atoms with van der Waals surface area (Å²) in [4.78, 5) is 12.2. The molecule has 3 nitrogen and oxygen atoms in total. The molecule has 0 saturated carbocycles. The van der Waals surface area contributed by atoms with Crippen LogP contribution in [0.25, 0.3) is 6.08 Å². The van der Waals surface area contributed by atoms with Gasteiger partial charge in [0.15, 0.2) is 0 Å². The normalized spacial score (nSPS) is 17.4. The third kappa shape index (κ3) is 2.68. The molecule has 0 atom stereocenters. The first-order valence-corrected chi connectivity index (χ1v) is 6.22. The molecule has 17 heavy (non-hydrogen) atoms. The third-order valence-electron chi connectivity index (χ3n) is 2.42. The maximum atomic E-state index is 11.5. The fourth-order valence-electron chi connectivity index (χ4n) is 1.46. The number of thioether (sulfide) groups is 1. The molecular formula is C12H11NO2S2. The predicted octanol–water partition coefficient (Wildman–Crippen LogP) is 2.49. The van der Waals surface area contributed by atoms with E-state index >= 15 is 0 Å². The van der Waals surface area contributed by atoms with E-state index in [1.807, 2.05) is 31.2 Å². The van der Waals surface area contributed by atoms with Crippen molar-refractivity contribution >= 4 is 40.3 Å². The van der Waals surface area contributed by atoms with Gasteiger partial charge in [-0.2, -0.15) is 0 Å². The molecule has 0 aliphatic carbocycles. The second-order valence-electron chi connectivity index (χ2n) is 3.57. The molecule has 1 aromatic rings. The van der Waals surface area contributed by atoms with E-state index in [0.29, 0.717) is 9.23 Å². The van der Waals surface area contributed by atoms with Crippen molar-refractivity contribution in [2.24, 2.45) is 0 Å². The summed E-state index contributed by atoms with van der Waals surface area (Å²) in [6, 6.07) is 5.75. The molecule has 1 fully saturated rings. The molecule has 1 heterocycles. The Balaban J connectivity index is 2.38. The predicted molar refractivity (Wildman–Crippen MR) is 74.0 cm³/mol. The minimum Gasteiger partial charge on any atom is -0.497 e. The van der Waals surface area contributed by atoms with Crippen LogP contribution in [0, 0.1) is 6.92 Å². The molecule has 0 unspecified atom stereocenters. The summed E-state index contributed by atoms with van der Waals surface area (Å²) < 4.78 is 5.66. The van der Waals surface area contributed by atoms with Gasteiger partial charge in [0.05, 0.1) is 12.0 Å². The van der Waals surface area contributed by atoms with Crippen LogP contribution in [0.5, 0.6) is 5.75 Å². The van der Waals surface area contributed by atoms with E-state index in [-0.39, 0.29) is 5.91 Å². The van der Waals surface area contributed by atoms with Gasteiger partial charge in [-0.05, 0) is 36.3 Å². The van der Waals surface area contributed by atoms with Gasteiger partial charge in [-0.1, -0.05) is 30.0 Å². The van der Waals surface area contributed by atoms with Crippen LogP contribution in [-0.2, 0) is 4.79 Å². The highest BCUT2D eigenvalue weighted by molar-refractivity contribution is 8.26. The lowest BCUT2D eigenvalue weighted by molar-refractivity contribution is -0.115. The van der Waals surface area contributed by atoms with E-state index < -0.39 is 0 Å². The Hall–Kier alpha value is -1.33. The van der Waals surface area contributed by atoms with E-state index in [9.17, 15) is 4.79 Å². The number of hydrogen-bond acceptors (Lipinski definition) is 4. The first-order chi connectivity index (χ1) is 8.10. The number of nitrogens with one attached hydrogen (secondary N) is 1. The maximum Gasteiger partial charge on any atom is 0.263 e. The lowest BCUT2D eigenvalue weighted by atomic mass is 10.1. The second kappa shape index (κ2) is 4.89. The van der Waals surface area contributed by atoms with Crippen LogP contribution in [0.3, 0.4) is 0 Å². The van der Waals surface area contributed by atoms with Gasteiger partial charge in [-0.3, -0.25) is 4.79 Å². The maximum absolute atomic E-state index is 11.5. The van der Waals surface area contributed by atoms with Crippen LogP contribution >= 0.6 is 24.0 Å². The Labute approximate surface area is 109 Å². The minimum absolute atomic E-state index is 0.137. The van der Waals surface area contributed by atoms with Crippen molar-refractivity contribution in [2.75, 3.05) is 7.11 Å². The zero-order chi connectivity index (χ0) is 12.4. The molecule has 88 valence electrons. The first kappa shape index (κ1) is 12.1. The van der Waals surface area contributed by atoms with E-state index in [0.717, 1.165) is 16.9 Å². The summed E-state index contributed by atoms with van der Waals surface area (Å²) in [5.41, 5.74) is 2.05. The number of methoxy groups -OCH3 is 1. The number of carbonyl (C=O) groups excluding carboxylic acids is 1. The number of benzene rings is 1. The molecule has 0 spiro atoms. The second-order valence-corrected chi connectivity index (χ2v) is 5.29. The first-order valence-electron chi connectivity index (χ1n) is 4.99. The number of rotatable bonds is 2. The zero-order valence-electron chi connectivity index (χ0n) is 9.44. The number of carbonyl (C=O) groups is 1. The highest BCUT2D eigenvalue weighted by atomic mass is 32.2. The summed E-state index contributed by atoms with van der Waals surface area (Å²) in [5.74, 6) is 0.635. The van der Waals surface area contributed by atoms with Crippen molar-refractivity contribution in [3.8, 4) is 5.75 Å². The van der Waals surface area contributed by atoms with Crippen molar-refractivity contribution in [3.05, 3.63) is 34.2 Å². The van der Waals surface area contributed by atoms with Crippen molar-refractivity contribution in [1.29, 1.82) is 0 Å². The Kier molecular flexibility index (Phi) is 3.49. The molecule has 0 radical (unpaired) electrons. The molecular weight excluding hydrogens is 254 g/mol. The van der Waals surface area contributed by atoms with Crippen LogP contribution < -0.4 is 10.1 Å². The summed E-state index contributed by atoms with van der Waals surface area (Å²) in [5, 5.41) is 2.59. The van der Waals surface area contributed by atoms with E-state index in [4.69, 9.17) is 17.0 Å². The lowest BCUT2D eigenvalue weighted by Gasteiger charge is -2.04. The zero-order valence-corrected chi connectivity index (χ0v) is 11.1. The molecule has 5 heteroatoms. The van der Waals surface area contributed by atoms with Crippen molar-refractivity contribution < 1.29 is 9.53 Å². The number of thiocarbonyl (C=S) groups is 1. The average molecular weight is 265 g/mol. The fourth-order valence-corrected chi connectivity index (χ4v) is 2.50. The van der Waals surface area contributed by atoms with Crippen LogP contribution in [0.2, 0.25) is 0 Å². The SMILES string of the molecule is COc1ccc(C)c(C=C2SC(=S)NC2=O)c1. The van der Waals surface area contributed by atoms with Gasteiger partial charge in [0.25, 0.3) is 5.91 Å². The monoisotopic (exact) mass is 265 g/mol. The molecule has 0 aromatic heterocycles. The van der Waals surface area contributed by atoms with E-state index in [2.05, 4.69) is 5.32 Å². The number of amides is 1. The summed E-state index contributed by atoms with van der Waals surface area (Å²) in [6.45, 7) is 1.99. The third-order valence-corrected chi connectivity index (χ3v) is 3.58. The minimum atomic E-state index is -0.137. The van der Waals surface area contributed by atoms with Gasteiger partial charge in [0.2, 0.25) is 0 Å². The Morgan fingerprint density at radius 2 is 2.24 bits per heavy atom. The summed E-state index contributed by atoms with van der Waals surface area (Å²) in [7, 11) is 1.62. The van der Waals surface area contributed by atoms with Gasteiger partial charge in [0.1, 0.15) is 10.1 Å². The van der Waals surface area contributed by atoms with Gasteiger partial charge in [-0.25, -0.2) is 0 Å². The molecule has 1 aliphatic rings. The Morgan fingerprint density at radius 3 is 2.82 bits per heavy atom. The van der Waals surface area contributed by atoms with Crippen LogP contribution in [0.15, 0.2) is 23.1 Å². The molecule has 1 amide bonds. The van der Waals surface area contributed by atoms with E-state index in [1.54, 1.807) is 7.11 Å². The molecule has 0 bridgehead atoms. The summed E-state index contributed by atoms with van der Waals surface area (Å²) >= 11 is 6.22. The molecule has 1 saturated heterocycles. The van der Waals surface area contributed by atoms with Crippen LogP contribution in [-0.4, -0.2) is 17.3 Å². The standard InChI is InChI=1S/C12H11NO2S2/c1-7-3-4-9(15-2)5-8(7)6-10-11(14)13-12(16)17-10/h3-6H,1-2H3,(H,13,14,16). The number of ether oxygens (including phenoxy) is 1. The lowest BCUT2D eigenvalue weighted by Crippen LogP contribution is -2.17. The highest BCUT2D eigenvalue weighted by Gasteiger charge is 2.22. The average Bonchev–Trinajstić information content (AvgIpc) is 2.60. The van der Waals surface area contributed by atoms with Gasteiger partial charge in [0, 0.05) is 0 Å². The van der Waals surface area contributed by atoms with Crippen molar-refractivity contribution in [1.82, 2.24) is 5.32 Å². The molecule has 2 rings (SSSR count). The molecule has 1 aromatic carbocycles. The Morgan fingerprint density at radius 1 is 1.47 bits per heavy atom. The quantitative estimate of drug-likeness (QED) is 0.658. The topological polar surface area (TPSA) is 38.3 Å². The van der Waals surface area contributed by atoms with Crippen molar-refractivity contribution in [2.45, 2.75) is 6.92 Å². The molecule has 1 aliphatic heterocycles. The van der Waals surface area contributed by atoms with E-state index in [1.165, 1.54) is 11.8 Å². The highest BCUT2D eigenvalue weighted by Crippen LogP contribution is 2.28. The fraction of sp³-hybridized carbons (Fsp3) is 0.167. The Bertz CT molecular complexity index is 523. The van der Waals surface area contributed by atoms with Crippen LogP contribution in [0.1, 0.15) is 11.1 Å². The number of aryl methyl sites for hydroxylation is 1. The van der Waals surface area contributed by atoms with Gasteiger partial charge >= 0.3 is 0 Å². The number of hydrogen-bond donors (Lipinski definition) is 1. The largest absolute Gasteiger partial charge is 0.497 e. The van der Waals surface area contributed by atoms with Crippen LogP contribution in [0.4, 0.5) is 0 Å². The van der Waals surface area contributed by atoms with Gasteiger partial charge in [-0.15, -0.1) is 0 Å². The van der Waals surface area contributed by atoms with Crippen molar-refractivity contribution in [3.63, 3.8) is 0 Å². The molecule has 1 N–H and O–H groups in total.